The molecule has 114 valence electrons. The Morgan fingerprint density at radius 2 is 1.81 bits per heavy atom. The van der Waals surface area contributed by atoms with Gasteiger partial charge in [-0.05, 0) is 49.4 Å². The largest absolute Gasteiger partial charge is 0.481 e. The Kier molecular flexibility index (Phi) is 4.15. The Morgan fingerprint density at radius 1 is 1.24 bits per heavy atom. The van der Waals surface area contributed by atoms with Crippen LogP contribution in [0.5, 0.6) is 0 Å². The minimum Gasteiger partial charge on any atom is -0.481 e. The Balaban J connectivity index is 2.17. The van der Waals surface area contributed by atoms with Gasteiger partial charge in [-0.3, -0.25) is 9.59 Å². The van der Waals surface area contributed by atoms with Crippen LogP contribution in [-0.2, 0) is 9.59 Å². The Morgan fingerprint density at radius 3 is 2.29 bits per heavy atom. The number of carboxylic acids is 1. The molecule has 0 radical (unpaired) electrons. The highest BCUT2D eigenvalue weighted by molar-refractivity contribution is 9.10. The normalized spacial score (nSPS) is 27.3. The van der Waals surface area contributed by atoms with Crippen LogP contribution in [0.4, 0.5) is 5.69 Å². The summed E-state index contributed by atoms with van der Waals surface area (Å²) in [5.41, 5.74) is -0.726. The predicted molar refractivity (Wildman–Crippen MR) is 85.0 cm³/mol. The van der Waals surface area contributed by atoms with Crippen molar-refractivity contribution in [3.8, 4) is 0 Å². The van der Waals surface area contributed by atoms with Crippen molar-refractivity contribution >= 4 is 33.5 Å². The lowest BCUT2D eigenvalue weighted by Crippen LogP contribution is -2.43. The van der Waals surface area contributed by atoms with E-state index in [0.29, 0.717) is 12.8 Å². The van der Waals surface area contributed by atoms with Crippen LogP contribution in [0.2, 0.25) is 0 Å². The minimum atomic E-state index is -0.866. The summed E-state index contributed by atoms with van der Waals surface area (Å²) < 4.78 is 0.945. The SMILES string of the molecule is CC1(C)[C@@H](C(=O)Nc2ccc(Br)cc2)CC[C@]1(C)C(=O)O. The van der Waals surface area contributed by atoms with Crippen molar-refractivity contribution in [1.82, 2.24) is 0 Å². The second kappa shape index (κ2) is 5.44. The highest BCUT2D eigenvalue weighted by Gasteiger charge is 2.58. The summed E-state index contributed by atoms with van der Waals surface area (Å²) in [6, 6.07) is 7.36. The summed E-state index contributed by atoms with van der Waals surface area (Å²) in [7, 11) is 0. The highest BCUT2D eigenvalue weighted by atomic mass is 79.9. The van der Waals surface area contributed by atoms with E-state index in [1.807, 2.05) is 38.1 Å². The maximum atomic E-state index is 12.5. The number of benzene rings is 1. The topological polar surface area (TPSA) is 66.4 Å². The van der Waals surface area contributed by atoms with Crippen molar-refractivity contribution in [2.24, 2.45) is 16.7 Å². The molecule has 0 heterocycles. The molecule has 0 bridgehead atoms. The lowest BCUT2D eigenvalue weighted by molar-refractivity contribution is -0.154. The third-order valence-corrected chi connectivity index (χ3v) is 5.66. The number of carbonyl (C=O) groups is 2. The van der Waals surface area contributed by atoms with E-state index in [4.69, 9.17) is 0 Å². The fraction of sp³-hybridized carbons (Fsp3) is 0.500. The second-order valence-electron chi connectivity index (χ2n) is 6.45. The number of halogens is 1. The quantitative estimate of drug-likeness (QED) is 0.865. The van der Waals surface area contributed by atoms with Gasteiger partial charge >= 0.3 is 5.97 Å². The van der Waals surface area contributed by atoms with Crippen LogP contribution < -0.4 is 5.32 Å². The first-order valence-corrected chi connectivity index (χ1v) is 7.77. The minimum absolute atomic E-state index is 0.104. The maximum absolute atomic E-state index is 12.5. The fourth-order valence-electron chi connectivity index (χ4n) is 3.10. The second-order valence-corrected chi connectivity index (χ2v) is 7.36. The molecule has 0 aliphatic heterocycles. The number of rotatable bonds is 3. The first-order chi connectivity index (χ1) is 9.68. The third kappa shape index (κ3) is 2.71. The number of carbonyl (C=O) groups excluding carboxylic acids is 1. The molecule has 1 saturated carbocycles. The molecule has 1 amide bonds. The smallest absolute Gasteiger partial charge is 0.309 e. The van der Waals surface area contributed by atoms with E-state index >= 15 is 0 Å². The van der Waals surface area contributed by atoms with Gasteiger partial charge in [-0.1, -0.05) is 29.8 Å². The van der Waals surface area contributed by atoms with E-state index in [1.165, 1.54) is 0 Å². The van der Waals surface area contributed by atoms with Crippen LogP contribution in [0.1, 0.15) is 33.6 Å². The van der Waals surface area contributed by atoms with Gasteiger partial charge in [-0.25, -0.2) is 0 Å². The first kappa shape index (κ1) is 16.0. The summed E-state index contributed by atoms with van der Waals surface area (Å²) in [5, 5.41) is 12.4. The van der Waals surface area contributed by atoms with E-state index in [9.17, 15) is 14.7 Å². The van der Waals surface area contributed by atoms with Crippen LogP contribution in [0.3, 0.4) is 0 Å². The van der Waals surface area contributed by atoms with Gasteiger partial charge in [0, 0.05) is 16.1 Å². The summed E-state index contributed by atoms with van der Waals surface area (Å²) in [6.45, 7) is 5.49. The molecule has 2 N–H and O–H groups in total. The fourth-order valence-corrected chi connectivity index (χ4v) is 3.37. The number of anilines is 1. The molecule has 0 unspecified atom stereocenters. The Labute approximate surface area is 133 Å². The molecule has 1 fully saturated rings. The van der Waals surface area contributed by atoms with E-state index in [0.717, 1.165) is 10.2 Å². The summed E-state index contributed by atoms with van der Waals surface area (Å²) in [4.78, 5) is 24.1. The molecule has 1 aromatic carbocycles. The van der Waals surface area contributed by atoms with Crippen molar-refractivity contribution in [3.05, 3.63) is 28.7 Å². The van der Waals surface area contributed by atoms with Gasteiger partial charge in [0.25, 0.3) is 0 Å². The summed E-state index contributed by atoms with van der Waals surface area (Å²) in [5.74, 6) is -1.24. The molecular formula is C16H20BrNO3. The average molecular weight is 354 g/mol. The standard InChI is InChI=1S/C16H20BrNO3/c1-15(2)12(8-9-16(15,3)14(20)21)13(19)18-11-6-4-10(17)5-7-11/h4-7,12H,8-9H2,1-3H3,(H,18,19)(H,20,21)/t12-,16-/m1/s1. The molecule has 2 atom stereocenters. The van der Waals surface area contributed by atoms with Crippen LogP contribution in [0.25, 0.3) is 0 Å². The van der Waals surface area contributed by atoms with Crippen molar-refractivity contribution < 1.29 is 14.7 Å². The molecular weight excluding hydrogens is 334 g/mol. The number of hydrogen-bond acceptors (Lipinski definition) is 2. The van der Waals surface area contributed by atoms with Crippen molar-refractivity contribution in [2.75, 3.05) is 5.32 Å². The zero-order chi connectivity index (χ0) is 15.8. The number of hydrogen-bond donors (Lipinski definition) is 2. The molecule has 4 nitrogen and oxygen atoms in total. The molecule has 0 aromatic heterocycles. The predicted octanol–water partition coefficient (Wildman–Crippen LogP) is 3.91. The van der Waals surface area contributed by atoms with Crippen molar-refractivity contribution in [1.29, 1.82) is 0 Å². The van der Waals surface area contributed by atoms with Crippen molar-refractivity contribution in [2.45, 2.75) is 33.6 Å². The molecule has 1 aromatic rings. The summed E-state index contributed by atoms with van der Waals surface area (Å²) in [6.07, 6.45) is 1.12. The number of nitrogens with one attached hydrogen (secondary N) is 1. The molecule has 0 saturated heterocycles. The third-order valence-electron chi connectivity index (χ3n) is 5.13. The van der Waals surface area contributed by atoms with E-state index < -0.39 is 16.8 Å². The lowest BCUT2D eigenvalue weighted by atomic mass is 9.65. The molecule has 21 heavy (non-hydrogen) atoms. The molecule has 2 rings (SSSR count). The molecule has 1 aliphatic carbocycles. The van der Waals surface area contributed by atoms with E-state index in [1.54, 1.807) is 6.92 Å². The van der Waals surface area contributed by atoms with Gasteiger partial charge < -0.3 is 10.4 Å². The highest BCUT2D eigenvalue weighted by Crippen LogP contribution is 2.56. The first-order valence-electron chi connectivity index (χ1n) is 6.98. The zero-order valence-corrected chi connectivity index (χ0v) is 14.0. The van der Waals surface area contributed by atoms with Crippen LogP contribution >= 0.6 is 15.9 Å². The number of carboxylic acid groups (broad SMARTS) is 1. The van der Waals surface area contributed by atoms with Crippen LogP contribution in [0.15, 0.2) is 28.7 Å². The van der Waals surface area contributed by atoms with Crippen LogP contribution in [0, 0.1) is 16.7 Å². The van der Waals surface area contributed by atoms with Gasteiger partial charge in [0.15, 0.2) is 0 Å². The van der Waals surface area contributed by atoms with E-state index in [-0.39, 0.29) is 11.8 Å². The monoisotopic (exact) mass is 353 g/mol. The number of amides is 1. The van der Waals surface area contributed by atoms with Gasteiger partial charge in [0.05, 0.1) is 5.41 Å². The molecule has 0 spiro atoms. The van der Waals surface area contributed by atoms with Gasteiger partial charge in [0.1, 0.15) is 0 Å². The van der Waals surface area contributed by atoms with E-state index in [2.05, 4.69) is 21.2 Å². The zero-order valence-electron chi connectivity index (χ0n) is 12.4. The van der Waals surface area contributed by atoms with Crippen molar-refractivity contribution in [3.63, 3.8) is 0 Å². The molecule has 5 heteroatoms. The van der Waals surface area contributed by atoms with Gasteiger partial charge in [-0.2, -0.15) is 0 Å². The van der Waals surface area contributed by atoms with Gasteiger partial charge in [0.2, 0.25) is 5.91 Å². The Bertz CT molecular complexity index is 567. The number of aliphatic carboxylic acids is 1. The molecule has 1 aliphatic rings. The lowest BCUT2D eigenvalue weighted by Gasteiger charge is -2.37. The maximum Gasteiger partial charge on any atom is 0.309 e. The van der Waals surface area contributed by atoms with Crippen LogP contribution in [-0.4, -0.2) is 17.0 Å². The Hall–Kier alpha value is -1.36. The summed E-state index contributed by atoms with van der Waals surface area (Å²) >= 11 is 3.35. The average Bonchev–Trinajstić information content (AvgIpc) is 2.64. The van der Waals surface area contributed by atoms with Gasteiger partial charge in [-0.15, -0.1) is 0 Å².